The number of hydrogen-bond acceptors (Lipinski definition) is 4. The molecule has 0 bridgehead atoms. The van der Waals surface area contributed by atoms with Crippen LogP contribution in [-0.4, -0.2) is 12.5 Å². The van der Waals surface area contributed by atoms with Gasteiger partial charge in [-0.1, -0.05) is 41.6 Å². The molecule has 2 N–H and O–H groups in total. The highest BCUT2D eigenvalue weighted by Gasteiger charge is 2.34. The Morgan fingerprint density at radius 2 is 2.00 bits per heavy atom. The minimum atomic E-state index is 0. The van der Waals surface area contributed by atoms with Gasteiger partial charge in [0.2, 0.25) is 0 Å². The zero-order valence-electron chi connectivity index (χ0n) is 11.0. The van der Waals surface area contributed by atoms with E-state index >= 15 is 0 Å². The molecule has 4 rings (SSSR count). The first-order chi connectivity index (χ1) is 9.74. The molecule has 2 heterocycles. The van der Waals surface area contributed by atoms with Crippen molar-refractivity contribution in [2.24, 2.45) is 10.7 Å². The van der Waals surface area contributed by atoms with E-state index < -0.39 is 0 Å². The summed E-state index contributed by atoms with van der Waals surface area (Å²) in [6.07, 6.45) is 0. The topological polar surface area (TPSA) is 41.6 Å². The van der Waals surface area contributed by atoms with Crippen molar-refractivity contribution in [2.45, 2.75) is 15.8 Å². The Morgan fingerprint density at radius 1 is 1.19 bits per heavy atom. The van der Waals surface area contributed by atoms with Gasteiger partial charge in [0.05, 0.1) is 18.3 Å². The number of aliphatic imine (C=N–C) groups is 1. The first kappa shape index (κ1) is 14.8. The van der Waals surface area contributed by atoms with E-state index in [-0.39, 0.29) is 23.0 Å². The zero-order chi connectivity index (χ0) is 13.7. The van der Waals surface area contributed by atoms with Crippen LogP contribution in [-0.2, 0) is 0 Å². The molecule has 2 aliphatic rings. The number of nitrogens with two attached hydrogens (primary N) is 1. The van der Waals surface area contributed by atoms with Gasteiger partial charge >= 0.3 is 0 Å². The second kappa shape index (κ2) is 5.55. The van der Waals surface area contributed by atoms with E-state index in [0.29, 0.717) is 12.5 Å². The van der Waals surface area contributed by atoms with Gasteiger partial charge in [-0.05, 0) is 29.8 Å². The molecule has 0 aliphatic carbocycles. The maximum atomic E-state index is 6.14. The summed E-state index contributed by atoms with van der Waals surface area (Å²) in [5.74, 6) is 0.580. The highest BCUT2D eigenvalue weighted by atomic mass is 79.9. The molecule has 0 radical (unpaired) electrons. The van der Waals surface area contributed by atoms with Gasteiger partial charge in [-0.25, -0.2) is 0 Å². The van der Waals surface area contributed by atoms with Gasteiger partial charge in [0, 0.05) is 14.8 Å². The lowest BCUT2D eigenvalue weighted by Crippen LogP contribution is -2.36. The van der Waals surface area contributed by atoms with Gasteiger partial charge in [-0.2, -0.15) is 0 Å². The molecule has 21 heavy (non-hydrogen) atoms. The van der Waals surface area contributed by atoms with Crippen molar-refractivity contribution in [2.75, 3.05) is 11.4 Å². The van der Waals surface area contributed by atoms with E-state index in [4.69, 9.17) is 17.3 Å². The molecule has 2 aromatic rings. The molecule has 3 nitrogen and oxygen atoms in total. The Morgan fingerprint density at radius 3 is 2.86 bits per heavy atom. The molecule has 1 unspecified atom stereocenters. The van der Waals surface area contributed by atoms with Crippen molar-refractivity contribution < 1.29 is 0 Å². The molecule has 0 saturated carbocycles. The Bertz CT molecular complexity index is 735. The second-order valence-electron chi connectivity index (χ2n) is 4.84. The van der Waals surface area contributed by atoms with Crippen molar-refractivity contribution in [1.82, 2.24) is 0 Å². The summed E-state index contributed by atoms with van der Waals surface area (Å²) < 4.78 is 0. The molecule has 108 valence electrons. The average Bonchev–Trinajstić information content (AvgIpc) is 2.75. The molecule has 2 aliphatic heterocycles. The molecule has 0 spiro atoms. The van der Waals surface area contributed by atoms with E-state index in [0.717, 1.165) is 15.6 Å². The van der Waals surface area contributed by atoms with Crippen LogP contribution in [0.4, 0.5) is 5.69 Å². The van der Waals surface area contributed by atoms with E-state index in [2.05, 4.69) is 34.2 Å². The van der Waals surface area contributed by atoms with Crippen LogP contribution in [0.1, 0.15) is 11.6 Å². The predicted octanol–water partition coefficient (Wildman–Crippen LogP) is 4.26. The Hall–Kier alpha value is -1.17. The monoisotopic (exact) mass is 381 g/mol. The quantitative estimate of drug-likeness (QED) is 0.740. The lowest BCUT2D eigenvalue weighted by molar-refractivity contribution is 0.753. The predicted molar refractivity (Wildman–Crippen MR) is 94.0 cm³/mol. The normalized spacial score (nSPS) is 18.8. The van der Waals surface area contributed by atoms with Crippen LogP contribution in [0.5, 0.6) is 0 Å². The number of rotatable bonds is 0. The number of anilines is 1. The van der Waals surface area contributed by atoms with Crippen LogP contribution >= 0.6 is 40.3 Å². The smallest absolute Gasteiger partial charge is 0.196 e. The van der Waals surface area contributed by atoms with Crippen LogP contribution in [0.2, 0.25) is 5.02 Å². The summed E-state index contributed by atoms with van der Waals surface area (Å²) in [5, 5.41) is 0.738. The third kappa shape index (κ3) is 2.33. The van der Waals surface area contributed by atoms with Gasteiger partial charge < -0.3 is 10.6 Å². The Labute approximate surface area is 143 Å². The van der Waals surface area contributed by atoms with Crippen LogP contribution in [0.25, 0.3) is 0 Å². The van der Waals surface area contributed by atoms with Gasteiger partial charge in [-0.3, -0.25) is 4.99 Å². The number of benzene rings is 2. The molecule has 0 aromatic heterocycles. The van der Waals surface area contributed by atoms with Crippen LogP contribution < -0.4 is 10.6 Å². The maximum Gasteiger partial charge on any atom is 0.196 e. The van der Waals surface area contributed by atoms with E-state index in [1.807, 2.05) is 18.2 Å². The van der Waals surface area contributed by atoms with Gasteiger partial charge in [0.1, 0.15) is 0 Å². The summed E-state index contributed by atoms with van der Waals surface area (Å²) in [5.41, 5.74) is 8.46. The third-order valence-electron chi connectivity index (χ3n) is 3.66. The summed E-state index contributed by atoms with van der Waals surface area (Å²) in [6, 6.07) is 14.5. The van der Waals surface area contributed by atoms with Crippen LogP contribution in [0, 0.1) is 0 Å². The van der Waals surface area contributed by atoms with E-state index in [9.17, 15) is 0 Å². The van der Waals surface area contributed by atoms with Crippen LogP contribution in [0.3, 0.4) is 0 Å². The molecule has 0 amide bonds. The molecule has 6 heteroatoms. The zero-order valence-corrected chi connectivity index (χ0v) is 14.3. The lowest BCUT2D eigenvalue weighted by Gasteiger charge is -2.26. The summed E-state index contributed by atoms with van der Waals surface area (Å²) in [6.45, 7) is 0.700. The number of hydrogen-bond donors (Lipinski definition) is 1. The number of nitrogens with zero attached hydrogens (tertiary/aromatic N) is 2. The molecule has 0 fully saturated rings. The summed E-state index contributed by atoms with van der Waals surface area (Å²) in [7, 11) is 0. The van der Waals surface area contributed by atoms with Gasteiger partial charge in [0.25, 0.3) is 0 Å². The minimum absolute atomic E-state index is 0. The van der Waals surface area contributed by atoms with Gasteiger partial charge in [-0.15, -0.1) is 17.0 Å². The SMILES string of the molecule is Br.NC1=NCC2c3ccccc3Sc3cc(Cl)ccc3N12. The van der Waals surface area contributed by atoms with Crippen molar-refractivity contribution in [3.05, 3.63) is 53.1 Å². The highest BCUT2D eigenvalue weighted by molar-refractivity contribution is 8.93. The second-order valence-corrected chi connectivity index (χ2v) is 6.36. The van der Waals surface area contributed by atoms with E-state index in [1.54, 1.807) is 11.8 Å². The molecular formula is C15H13BrClN3S. The summed E-state index contributed by atoms with van der Waals surface area (Å²) in [4.78, 5) is 8.90. The lowest BCUT2D eigenvalue weighted by atomic mass is 10.1. The largest absolute Gasteiger partial charge is 0.369 e. The minimum Gasteiger partial charge on any atom is -0.369 e. The maximum absolute atomic E-state index is 6.14. The highest BCUT2D eigenvalue weighted by Crippen LogP contribution is 2.47. The molecule has 1 atom stereocenters. The summed E-state index contributed by atoms with van der Waals surface area (Å²) >= 11 is 7.88. The van der Waals surface area contributed by atoms with Gasteiger partial charge in [0.15, 0.2) is 5.96 Å². The fourth-order valence-corrected chi connectivity index (χ4v) is 4.16. The standard InChI is InChI=1S/C15H12ClN3S.BrH/c16-9-5-6-11-14(7-9)20-13-4-2-1-3-10(13)12-8-18-15(17)19(11)12;/h1-7,12H,8H2,(H2,17,18);1H. The number of guanidine groups is 1. The van der Waals surface area contributed by atoms with Crippen molar-refractivity contribution >= 4 is 52.0 Å². The molecule has 0 saturated heterocycles. The van der Waals surface area contributed by atoms with Crippen molar-refractivity contribution in [3.63, 3.8) is 0 Å². The third-order valence-corrected chi connectivity index (χ3v) is 5.04. The first-order valence-corrected chi connectivity index (χ1v) is 7.59. The van der Waals surface area contributed by atoms with Crippen LogP contribution in [0.15, 0.2) is 57.2 Å². The molecular weight excluding hydrogens is 370 g/mol. The number of halogens is 2. The fraction of sp³-hybridized carbons (Fsp3) is 0.133. The average molecular weight is 383 g/mol. The number of fused-ring (bicyclic) bond motifs is 5. The van der Waals surface area contributed by atoms with E-state index in [1.165, 1.54) is 10.5 Å². The molecule has 2 aromatic carbocycles. The van der Waals surface area contributed by atoms with Crippen molar-refractivity contribution in [3.8, 4) is 0 Å². The Kier molecular flexibility index (Phi) is 3.90. The fourth-order valence-electron chi connectivity index (χ4n) is 2.76. The van der Waals surface area contributed by atoms with Crippen molar-refractivity contribution in [1.29, 1.82) is 0 Å². The first-order valence-electron chi connectivity index (χ1n) is 6.39. The Balaban J connectivity index is 0.00000132.